The van der Waals surface area contributed by atoms with Crippen molar-refractivity contribution in [2.75, 3.05) is 29.6 Å². The standard InChI is InChI=1S/C22H24N8O2/c1-23-22(32)15-9-25-17(27-21(31)12-4-5-12)8-16(15)26-20-19-14(6-7-24-20)18-13(10-29(19)2)11-30(3)28-18/h6-9,11-12H,4-5,10H2,1-3H3,(H,23,32)(H2,24,25,26,27,31). The summed E-state index contributed by atoms with van der Waals surface area (Å²) in [6.45, 7) is 0.692. The fourth-order valence-corrected chi connectivity index (χ4v) is 3.98. The number of aromatic nitrogens is 4. The highest BCUT2D eigenvalue weighted by Crippen LogP contribution is 2.42. The van der Waals surface area contributed by atoms with Gasteiger partial charge in [0.15, 0.2) is 5.82 Å². The van der Waals surface area contributed by atoms with Gasteiger partial charge in [0, 0.05) is 69.4 Å². The molecule has 3 aromatic heterocycles. The Balaban J connectivity index is 1.55. The lowest BCUT2D eigenvalue weighted by atomic mass is 10.0. The largest absolute Gasteiger partial charge is 0.367 e. The third kappa shape index (κ3) is 3.53. The second-order valence-corrected chi connectivity index (χ2v) is 8.17. The Bertz CT molecular complexity index is 1230. The molecule has 0 radical (unpaired) electrons. The lowest BCUT2D eigenvalue weighted by molar-refractivity contribution is -0.117. The molecule has 0 saturated heterocycles. The van der Waals surface area contributed by atoms with E-state index in [1.165, 1.54) is 6.20 Å². The van der Waals surface area contributed by atoms with Gasteiger partial charge >= 0.3 is 0 Å². The third-order valence-corrected chi connectivity index (χ3v) is 5.70. The number of hydrogen-bond donors (Lipinski definition) is 3. The van der Waals surface area contributed by atoms with E-state index in [1.807, 2.05) is 31.0 Å². The molecule has 32 heavy (non-hydrogen) atoms. The highest BCUT2D eigenvalue weighted by Gasteiger charge is 2.30. The molecule has 0 spiro atoms. The number of nitrogens with one attached hydrogen (secondary N) is 3. The van der Waals surface area contributed by atoms with E-state index in [9.17, 15) is 9.59 Å². The molecule has 10 heteroatoms. The highest BCUT2D eigenvalue weighted by atomic mass is 16.2. The van der Waals surface area contributed by atoms with Gasteiger partial charge in [-0.25, -0.2) is 9.97 Å². The maximum absolute atomic E-state index is 12.5. The molecule has 10 nitrogen and oxygen atoms in total. The van der Waals surface area contributed by atoms with Crippen LogP contribution in [0.15, 0.2) is 30.7 Å². The van der Waals surface area contributed by atoms with Gasteiger partial charge in [-0.3, -0.25) is 14.3 Å². The maximum atomic E-state index is 12.5. The summed E-state index contributed by atoms with van der Waals surface area (Å²) in [7, 11) is 5.46. The summed E-state index contributed by atoms with van der Waals surface area (Å²) in [6.07, 6.45) is 6.99. The number of rotatable bonds is 5. The summed E-state index contributed by atoms with van der Waals surface area (Å²) in [5, 5.41) is 13.4. The first-order valence-electron chi connectivity index (χ1n) is 10.5. The summed E-state index contributed by atoms with van der Waals surface area (Å²) in [5.74, 6) is 0.703. The molecule has 0 bridgehead atoms. The van der Waals surface area contributed by atoms with Gasteiger partial charge in [-0.2, -0.15) is 5.10 Å². The van der Waals surface area contributed by atoms with E-state index in [0.29, 0.717) is 29.4 Å². The van der Waals surface area contributed by atoms with Crippen molar-refractivity contribution in [2.24, 2.45) is 13.0 Å². The van der Waals surface area contributed by atoms with Crippen molar-refractivity contribution < 1.29 is 9.59 Å². The zero-order chi connectivity index (χ0) is 22.4. The molecule has 1 saturated carbocycles. The number of carbonyl (C=O) groups is 2. The van der Waals surface area contributed by atoms with Gasteiger partial charge in [0.05, 0.1) is 22.6 Å². The molecule has 1 fully saturated rings. The lowest BCUT2D eigenvalue weighted by Crippen LogP contribution is -2.23. The molecule has 2 amide bonds. The van der Waals surface area contributed by atoms with Gasteiger partial charge in [-0.1, -0.05) is 0 Å². The van der Waals surface area contributed by atoms with Crippen molar-refractivity contribution in [1.82, 2.24) is 25.1 Å². The van der Waals surface area contributed by atoms with Gasteiger partial charge in [0.25, 0.3) is 5.91 Å². The fraction of sp³-hybridized carbons (Fsp3) is 0.318. The summed E-state index contributed by atoms with van der Waals surface area (Å²) in [4.78, 5) is 35.6. The third-order valence-electron chi connectivity index (χ3n) is 5.70. The van der Waals surface area contributed by atoms with Crippen LogP contribution in [0.4, 0.5) is 23.0 Å². The van der Waals surface area contributed by atoms with Gasteiger partial charge in [-0.15, -0.1) is 0 Å². The van der Waals surface area contributed by atoms with Crippen molar-refractivity contribution >= 4 is 34.8 Å². The molecular weight excluding hydrogens is 408 g/mol. The number of nitrogens with zero attached hydrogens (tertiary/aromatic N) is 5. The predicted octanol–water partition coefficient (Wildman–Crippen LogP) is 2.28. The van der Waals surface area contributed by atoms with Gasteiger partial charge < -0.3 is 20.9 Å². The van der Waals surface area contributed by atoms with Crippen LogP contribution in [0.1, 0.15) is 28.8 Å². The van der Waals surface area contributed by atoms with E-state index < -0.39 is 0 Å². The molecule has 164 valence electrons. The molecule has 0 aromatic carbocycles. The van der Waals surface area contributed by atoms with Gasteiger partial charge in [0.1, 0.15) is 5.82 Å². The van der Waals surface area contributed by atoms with E-state index in [1.54, 1.807) is 19.3 Å². The summed E-state index contributed by atoms with van der Waals surface area (Å²) in [6, 6.07) is 3.61. The second kappa shape index (κ2) is 7.63. The van der Waals surface area contributed by atoms with E-state index >= 15 is 0 Å². The first-order chi connectivity index (χ1) is 15.4. The minimum absolute atomic E-state index is 0.0474. The van der Waals surface area contributed by atoms with Crippen LogP contribution in [0.25, 0.3) is 11.3 Å². The lowest BCUT2D eigenvalue weighted by Gasteiger charge is -2.28. The molecule has 2 aliphatic rings. The van der Waals surface area contributed by atoms with Crippen LogP contribution in [0.2, 0.25) is 0 Å². The summed E-state index contributed by atoms with van der Waals surface area (Å²) < 4.78 is 1.81. The van der Waals surface area contributed by atoms with E-state index in [-0.39, 0.29) is 17.7 Å². The van der Waals surface area contributed by atoms with Crippen LogP contribution in [0, 0.1) is 5.92 Å². The molecule has 0 unspecified atom stereocenters. The minimum Gasteiger partial charge on any atom is -0.367 e. The van der Waals surface area contributed by atoms with Gasteiger partial charge in [0.2, 0.25) is 5.91 Å². The number of hydrogen-bond acceptors (Lipinski definition) is 7. The predicted molar refractivity (Wildman–Crippen MR) is 121 cm³/mol. The van der Waals surface area contributed by atoms with Crippen molar-refractivity contribution in [3.63, 3.8) is 0 Å². The van der Waals surface area contributed by atoms with E-state index in [0.717, 1.165) is 35.3 Å². The van der Waals surface area contributed by atoms with Crippen LogP contribution in [0.5, 0.6) is 0 Å². The topological polar surface area (TPSA) is 117 Å². The molecule has 1 aliphatic heterocycles. The average Bonchev–Trinajstić information content (AvgIpc) is 3.56. The first kappa shape index (κ1) is 20.0. The molecule has 3 aromatic rings. The number of carbonyl (C=O) groups excluding carboxylic acids is 2. The average molecular weight is 432 g/mol. The number of pyridine rings is 2. The Labute approximate surface area is 185 Å². The first-order valence-corrected chi connectivity index (χ1v) is 10.5. The number of amides is 2. The smallest absolute Gasteiger partial charge is 0.254 e. The SMILES string of the molecule is CNC(=O)c1cnc(NC(=O)C2CC2)cc1Nc1nccc2c1N(C)Cc1cn(C)nc1-2. The van der Waals surface area contributed by atoms with Crippen LogP contribution in [-0.2, 0) is 18.4 Å². The molecule has 5 rings (SSSR count). The molecule has 0 atom stereocenters. The van der Waals surface area contributed by atoms with E-state index in [4.69, 9.17) is 0 Å². The Morgan fingerprint density at radius 3 is 2.75 bits per heavy atom. The zero-order valence-electron chi connectivity index (χ0n) is 18.1. The molecular formula is C22H24N8O2. The Morgan fingerprint density at radius 1 is 1.19 bits per heavy atom. The normalized spacial score (nSPS) is 14.4. The van der Waals surface area contributed by atoms with Crippen LogP contribution >= 0.6 is 0 Å². The monoisotopic (exact) mass is 432 g/mol. The summed E-state index contributed by atoms with van der Waals surface area (Å²) >= 11 is 0. The second-order valence-electron chi connectivity index (χ2n) is 8.17. The van der Waals surface area contributed by atoms with Gasteiger partial charge in [-0.05, 0) is 18.9 Å². The number of aryl methyl sites for hydroxylation is 1. The Kier molecular flexibility index (Phi) is 4.76. The Hall–Kier alpha value is -3.95. The quantitative estimate of drug-likeness (QED) is 0.566. The van der Waals surface area contributed by atoms with Crippen molar-refractivity contribution in [3.8, 4) is 11.3 Å². The Morgan fingerprint density at radius 2 is 2.00 bits per heavy atom. The van der Waals surface area contributed by atoms with Crippen LogP contribution in [-0.4, -0.2) is 45.7 Å². The van der Waals surface area contributed by atoms with E-state index in [2.05, 4.69) is 35.9 Å². The highest BCUT2D eigenvalue weighted by molar-refractivity contribution is 6.02. The minimum atomic E-state index is -0.287. The van der Waals surface area contributed by atoms with Crippen molar-refractivity contribution in [2.45, 2.75) is 19.4 Å². The molecule has 4 heterocycles. The maximum Gasteiger partial charge on any atom is 0.254 e. The van der Waals surface area contributed by atoms with Crippen LogP contribution in [0.3, 0.4) is 0 Å². The summed E-state index contributed by atoms with van der Waals surface area (Å²) in [5.41, 5.74) is 4.77. The molecule has 3 N–H and O–H groups in total. The van der Waals surface area contributed by atoms with Crippen molar-refractivity contribution in [1.29, 1.82) is 0 Å². The zero-order valence-corrected chi connectivity index (χ0v) is 18.1. The van der Waals surface area contributed by atoms with Crippen LogP contribution < -0.4 is 20.9 Å². The number of anilines is 4. The fourth-order valence-electron chi connectivity index (χ4n) is 3.98. The van der Waals surface area contributed by atoms with Crippen molar-refractivity contribution in [3.05, 3.63) is 41.9 Å². The molecule has 1 aliphatic carbocycles. The number of fused-ring (bicyclic) bond motifs is 3.